The Hall–Kier alpha value is -1.31. The number of hydrogen-bond acceptors (Lipinski definition) is 5. The van der Waals surface area contributed by atoms with Crippen molar-refractivity contribution in [3.63, 3.8) is 0 Å². The smallest absolute Gasteiger partial charge is 0.337 e. The minimum Gasteiger partial charge on any atom is -0.463 e. The first kappa shape index (κ1) is 10.8. The van der Waals surface area contributed by atoms with Gasteiger partial charge in [0.15, 0.2) is 0 Å². The highest BCUT2D eigenvalue weighted by Gasteiger charge is 2.10. The zero-order valence-electron chi connectivity index (χ0n) is 7.94. The zero-order chi connectivity index (χ0) is 10.6. The normalized spacial score (nSPS) is 11.3. The lowest BCUT2D eigenvalue weighted by molar-refractivity contribution is 0.314. The average Bonchev–Trinajstić information content (AvgIpc) is 2.53. The van der Waals surface area contributed by atoms with E-state index >= 15 is 0 Å². The van der Waals surface area contributed by atoms with Gasteiger partial charge in [0, 0.05) is 0 Å². The number of H-pyrrole nitrogens is 1. The summed E-state index contributed by atoms with van der Waals surface area (Å²) in [7, 11) is -3.31. The molecular formula is C6H12N4O3S. The molecule has 0 aromatic carbocycles. The number of hydrogen-bond donors (Lipinski definition) is 2. The van der Waals surface area contributed by atoms with Crippen LogP contribution in [0.3, 0.4) is 0 Å². The molecule has 1 aromatic rings. The summed E-state index contributed by atoms with van der Waals surface area (Å²) in [5.41, 5.74) is 0. The third-order valence-electron chi connectivity index (χ3n) is 1.37. The zero-order valence-corrected chi connectivity index (χ0v) is 8.76. The summed E-state index contributed by atoms with van der Waals surface area (Å²) < 4.78 is 29.3. The summed E-state index contributed by atoms with van der Waals surface area (Å²) >= 11 is 0. The Bertz CT molecular complexity index is 386. The Morgan fingerprint density at radius 3 is 2.79 bits per heavy atom. The minimum absolute atomic E-state index is 0.0162. The number of aromatic amines is 1. The van der Waals surface area contributed by atoms with Gasteiger partial charge in [0.2, 0.25) is 16.0 Å². The Morgan fingerprint density at radius 2 is 2.21 bits per heavy atom. The van der Waals surface area contributed by atoms with Crippen molar-refractivity contribution >= 4 is 16.0 Å². The van der Waals surface area contributed by atoms with Crippen LogP contribution < -0.4 is 9.46 Å². The fourth-order valence-corrected chi connectivity index (χ4v) is 1.24. The second-order valence-corrected chi connectivity index (χ2v) is 4.42. The Kier molecular flexibility index (Phi) is 3.28. The molecule has 0 unspecified atom stereocenters. The van der Waals surface area contributed by atoms with E-state index in [9.17, 15) is 8.42 Å². The van der Waals surface area contributed by atoms with Crippen LogP contribution in [-0.2, 0) is 10.0 Å². The number of ether oxygens (including phenoxy) is 1. The number of sulfonamides is 1. The van der Waals surface area contributed by atoms with Gasteiger partial charge in [-0.3, -0.25) is 4.72 Å². The Labute approximate surface area is 81.9 Å². The van der Waals surface area contributed by atoms with Crippen LogP contribution in [0.2, 0.25) is 0 Å². The quantitative estimate of drug-likeness (QED) is 0.726. The minimum atomic E-state index is -3.31. The van der Waals surface area contributed by atoms with E-state index in [0.717, 1.165) is 0 Å². The number of rotatable bonds is 5. The first-order chi connectivity index (χ1) is 6.57. The van der Waals surface area contributed by atoms with Crippen molar-refractivity contribution in [2.75, 3.05) is 17.1 Å². The van der Waals surface area contributed by atoms with Gasteiger partial charge in [-0.25, -0.2) is 13.5 Å². The van der Waals surface area contributed by atoms with E-state index in [2.05, 4.69) is 19.9 Å². The second kappa shape index (κ2) is 4.27. The lowest BCUT2D eigenvalue weighted by Crippen LogP contribution is -2.15. The molecule has 1 aromatic heterocycles. The maximum atomic E-state index is 11.1. The molecule has 0 spiro atoms. The van der Waals surface area contributed by atoms with E-state index in [1.54, 1.807) is 6.92 Å². The van der Waals surface area contributed by atoms with Crippen LogP contribution in [0.4, 0.5) is 5.95 Å². The highest BCUT2D eigenvalue weighted by molar-refractivity contribution is 7.92. The second-order valence-electron chi connectivity index (χ2n) is 2.41. The molecule has 7 nitrogen and oxygen atoms in total. The van der Waals surface area contributed by atoms with Gasteiger partial charge >= 0.3 is 6.01 Å². The van der Waals surface area contributed by atoms with Crippen molar-refractivity contribution in [2.24, 2.45) is 0 Å². The average molecular weight is 220 g/mol. The molecule has 0 radical (unpaired) electrons. The number of nitrogens with one attached hydrogen (secondary N) is 2. The molecule has 0 aliphatic carbocycles. The molecule has 8 heteroatoms. The fourth-order valence-electron chi connectivity index (χ4n) is 0.705. The predicted molar refractivity (Wildman–Crippen MR) is 50.6 cm³/mol. The molecule has 0 fully saturated rings. The summed E-state index contributed by atoms with van der Waals surface area (Å²) in [5, 5.41) is 6.04. The summed E-state index contributed by atoms with van der Waals surface area (Å²) in [6.45, 7) is 3.74. The van der Waals surface area contributed by atoms with E-state index in [4.69, 9.17) is 4.74 Å². The number of aromatic nitrogens is 3. The van der Waals surface area contributed by atoms with E-state index in [0.29, 0.717) is 6.61 Å². The van der Waals surface area contributed by atoms with Gasteiger partial charge in [-0.1, -0.05) is 0 Å². The van der Waals surface area contributed by atoms with Gasteiger partial charge in [0.25, 0.3) is 0 Å². The van der Waals surface area contributed by atoms with Crippen molar-refractivity contribution in [2.45, 2.75) is 13.8 Å². The monoisotopic (exact) mass is 220 g/mol. The molecule has 0 aliphatic rings. The van der Waals surface area contributed by atoms with Crippen molar-refractivity contribution in [3.8, 4) is 6.01 Å². The van der Waals surface area contributed by atoms with Crippen LogP contribution in [0.5, 0.6) is 6.01 Å². The van der Waals surface area contributed by atoms with Crippen LogP contribution in [0.1, 0.15) is 13.8 Å². The van der Waals surface area contributed by atoms with Crippen LogP contribution in [0, 0.1) is 0 Å². The van der Waals surface area contributed by atoms with Crippen LogP contribution in [0.25, 0.3) is 0 Å². The standard InChI is InChI=1S/C6H12N4O3S/c1-3-13-6-7-5(8-9-6)10-14(11,12)4-2/h3-4H2,1-2H3,(H2,7,8,9,10). The fraction of sp³-hybridized carbons (Fsp3) is 0.667. The molecule has 0 bridgehead atoms. The molecule has 0 amide bonds. The molecule has 0 aliphatic heterocycles. The summed E-state index contributed by atoms with van der Waals surface area (Å²) in [5.74, 6) is 0.0489. The largest absolute Gasteiger partial charge is 0.463 e. The van der Waals surface area contributed by atoms with E-state index in [1.165, 1.54) is 6.92 Å². The number of anilines is 1. The van der Waals surface area contributed by atoms with Crippen molar-refractivity contribution in [1.82, 2.24) is 15.2 Å². The third kappa shape index (κ3) is 2.87. The van der Waals surface area contributed by atoms with Crippen LogP contribution in [0.15, 0.2) is 0 Å². The SMILES string of the molecule is CCOc1n[nH]c(NS(=O)(=O)CC)n1. The highest BCUT2D eigenvalue weighted by Crippen LogP contribution is 2.06. The lowest BCUT2D eigenvalue weighted by Gasteiger charge is -1.99. The molecular weight excluding hydrogens is 208 g/mol. The van der Waals surface area contributed by atoms with Gasteiger partial charge in [0.05, 0.1) is 12.4 Å². The topological polar surface area (TPSA) is 97.0 Å². The van der Waals surface area contributed by atoms with Gasteiger partial charge in [-0.15, -0.1) is 5.10 Å². The predicted octanol–water partition coefficient (Wildman–Crippen LogP) is -0.0350. The molecule has 14 heavy (non-hydrogen) atoms. The number of nitrogens with zero attached hydrogens (tertiary/aromatic N) is 2. The van der Waals surface area contributed by atoms with E-state index in [1.807, 2.05) is 0 Å². The lowest BCUT2D eigenvalue weighted by atomic mass is 10.9. The van der Waals surface area contributed by atoms with Gasteiger partial charge < -0.3 is 4.74 Å². The molecule has 0 saturated heterocycles. The molecule has 1 rings (SSSR count). The summed E-state index contributed by atoms with van der Waals surface area (Å²) in [4.78, 5) is 3.75. The third-order valence-corrected chi connectivity index (χ3v) is 2.63. The van der Waals surface area contributed by atoms with Gasteiger partial charge in [0.1, 0.15) is 0 Å². The molecule has 0 saturated carbocycles. The summed E-state index contributed by atoms with van der Waals surface area (Å²) in [6, 6.07) is 0.126. The van der Waals surface area contributed by atoms with Gasteiger partial charge in [-0.2, -0.15) is 4.98 Å². The maximum Gasteiger partial charge on any atom is 0.337 e. The molecule has 2 N–H and O–H groups in total. The molecule has 0 atom stereocenters. The van der Waals surface area contributed by atoms with E-state index < -0.39 is 10.0 Å². The first-order valence-corrected chi connectivity index (χ1v) is 5.78. The van der Waals surface area contributed by atoms with Crippen LogP contribution in [-0.4, -0.2) is 36.0 Å². The molecule has 80 valence electrons. The van der Waals surface area contributed by atoms with Crippen molar-refractivity contribution < 1.29 is 13.2 Å². The van der Waals surface area contributed by atoms with Crippen molar-refractivity contribution in [1.29, 1.82) is 0 Å². The summed E-state index contributed by atoms with van der Waals surface area (Å²) in [6.07, 6.45) is 0. The molecule has 1 heterocycles. The maximum absolute atomic E-state index is 11.1. The van der Waals surface area contributed by atoms with Gasteiger partial charge in [-0.05, 0) is 13.8 Å². The van der Waals surface area contributed by atoms with E-state index in [-0.39, 0.29) is 17.7 Å². The first-order valence-electron chi connectivity index (χ1n) is 4.13. The highest BCUT2D eigenvalue weighted by atomic mass is 32.2. The van der Waals surface area contributed by atoms with Crippen LogP contribution >= 0.6 is 0 Å². The Balaban J connectivity index is 2.69. The van der Waals surface area contributed by atoms with Crippen molar-refractivity contribution in [3.05, 3.63) is 0 Å². The Morgan fingerprint density at radius 1 is 1.50 bits per heavy atom.